The van der Waals surface area contributed by atoms with Crippen molar-refractivity contribution in [1.82, 2.24) is 10.3 Å². The number of nitrogens with one attached hydrogen (secondary N) is 1. The van der Waals surface area contributed by atoms with Crippen LogP contribution in [0.3, 0.4) is 0 Å². The van der Waals surface area contributed by atoms with Crippen LogP contribution in [0.4, 0.5) is 0 Å². The molecule has 1 unspecified atom stereocenters. The number of hydrogen-bond acceptors (Lipinski definition) is 4. The van der Waals surface area contributed by atoms with Crippen LogP contribution in [-0.2, 0) is 11.3 Å². The highest BCUT2D eigenvalue weighted by atomic mass is 16.4. The Bertz CT molecular complexity index is 580. The molecule has 0 saturated carbocycles. The maximum absolute atomic E-state index is 11.2. The van der Waals surface area contributed by atoms with E-state index in [0.717, 1.165) is 5.56 Å². The quantitative estimate of drug-likeness (QED) is 0.847. The minimum atomic E-state index is -0.953. The normalized spacial score (nSPS) is 13.9. The van der Waals surface area contributed by atoms with Gasteiger partial charge in [0.15, 0.2) is 0 Å². The molecule has 2 aromatic rings. The van der Waals surface area contributed by atoms with Gasteiger partial charge in [-0.15, -0.1) is 0 Å². The van der Waals surface area contributed by atoms with Crippen LogP contribution in [0.1, 0.15) is 26.0 Å². The number of carboxylic acid groups (broad SMARTS) is 1. The van der Waals surface area contributed by atoms with Gasteiger partial charge in [-0.2, -0.15) is 0 Å². The standard InChI is InChI=1S/C15H18N2O3/c1-3-15(2,14(18)19)16-9-12-10-20-13(17-12)11-7-5-4-6-8-11/h4-8,10,16H,3,9H2,1-2H3,(H,18,19). The van der Waals surface area contributed by atoms with Gasteiger partial charge in [-0.05, 0) is 25.5 Å². The summed E-state index contributed by atoms with van der Waals surface area (Å²) in [5.74, 6) is -0.331. The molecule has 1 aromatic carbocycles. The molecule has 1 aromatic heterocycles. The summed E-state index contributed by atoms with van der Waals surface area (Å²) in [6.07, 6.45) is 2.04. The van der Waals surface area contributed by atoms with Crippen LogP contribution in [0.25, 0.3) is 11.5 Å². The van der Waals surface area contributed by atoms with Crippen LogP contribution in [0.2, 0.25) is 0 Å². The molecule has 0 aliphatic carbocycles. The number of carboxylic acids is 1. The molecule has 0 spiro atoms. The largest absolute Gasteiger partial charge is 0.480 e. The van der Waals surface area contributed by atoms with E-state index in [4.69, 9.17) is 4.42 Å². The van der Waals surface area contributed by atoms with E-state index in [1.807, 2.05) is 37.3 Å². The van der Waals surface area contributed by atoms with E-state index in [2.05, 4.69) is 10.3 Å². The molecule has 0 aliphatic heterocycles. The lowest BCUT2D eigenvalue weighted by molar-refractivity contribution is -0.144. The monoisotopic (exact) mass is 274 g/mol. The topological polar surface area (TPSA) is 75.4 Å². The van der Waals surface area contributed by atoms with E-state index >= 15 is 0 Å². The molecule has 0 saturated heterocycles. The zero-order valence-electron chi connectivity index (χ0n) is 11.6. The molecule has 0 fully saturated rings. The number of carbonyl (C=O) groups is 1. The molecule has 106 valence electrons. The molecule has 0 aliphatic rings. The van der Waals surface area contributed by atoms with Crippen molar-refractivity contribution < 1.29 is 14.3 Å². The summed E-state index contributed by atoms with van der Waals surface area (Å²) in [5, 5.41) is 12.2. The van der Waals surface area contributed by atoms with Crippen molar-refractivity contribution >= 4 is 5.97 Å². The third-order valence-electron chi connectivity index (χ3n) is 3.41. The highest BCUT2D eigenvalue weighted by Crippen LogP contribution is 2.18. The van der Waals surface area contributed by atoms with E-state index in [-0.39, 0.29) is 0 Å². The average Bonchev–Trinajstić information content (AvgIpc) is 2.94. The molecule has 0 bridgehead atoms. The number of aliphatic carboxylic acids is 1. The van der Waals surface area contributed by atoms with Gasteiger partial charge in [-0.1, -0.05) is 25.1 Å². The van der Waals surface area contributed by atoms with Gasteiger partial charge in [0.2, 0.25) is 5.89 Å². The van der Waals surface area contributed by atoms with E-state index in [1.54, 1.807) is 13.2 Å². The van der Waals surface area contributed by atoms with E-state index < -0.39 is 11.5 Å². The molecule has 5 heteroatoms. The second kappa shape index (κ2) is 5.88. The summed E-state index contributed by atoms with van der Waals surface area (Å²) in [4.78, 5) is 15.5. The van der Waals surface area contributed by atoms with Crippen molar-refractivity contribution in [2.24, 2.45) is 0 Å². The molecule has 5 nitrogen and oxygen atoms in total. The van der Waals surface area contributed by atoms with Crippen molar-refractivity contribution in [1.29, 1.82) is 0 Å². The Morgan fingerprint density at radius 2 is 2.10 bits per heavy atom. The SMILES string of the molecule is CCC(C)(NCc1coc(-c2ccccc2)n1)C(=O)O. The Morgan fingerprint density at radius 1 is 1.40 bits per heavy atom. The van der Waals surface area contributed by atoms with Gasteiger partial charge in [0.1, 0.15) is 11.8 Å². The van der Waals surface area contributed by atoms with Gasteiger partial charge in [-0.25, -0.2) is 4.98 Å². The number of benzene rings is 1. The van der Waals surface area contributed by atoms with Crippen LogP contribution in [0, 0.1) is 0 Å². The van der Waals surface area contributed by atoms with E-state index in [1.165, 1.54) is 0 Å². The van der Waals surface area contributed by atoms with Crippen molar-refractivity contribution in [2.75, 3.05) is 0 Å². The molecule has 2 rings (SSSR count). The lowest BCUT2D eigenvalue weighted by Gasteiger charge is -2.23. The highest BCUT2D eigenvalue weighted by Gasteiger charge is 2.30. The lowest BCUT2D eigenvalue weighted by Crippen LogP contribution is -2.48. The van der Waals surface area contributed by atoms with Gasteiger partial charge in [-0.3, -0.25) is 10.1 Å². The predicted molar refractivity (Wildman–Crippen MR) is 75.1 cm³/mol. The summed E-state index contributed by atoms with van der Waals surface area (Å²) in [6.45, 7) is 3.85. The molecular weight excluding hydrogens is 256 g/mol. The number of hydrogen-bond donors (Lipinski definition) is 2. The first-order chi connectivity index (χ1) is 9.55. The van der Waals surface area contributed by atoms with Crippen LogP contribution in [0.15, 0.2) is 41.0 Å². The summed E-state index contributed by atoms with van der Waals surface area (Å²) in [6, 6.07) is 9.58. The van der Waals surface area contributed by atoms with Crippen molar-refractivity contribution in [3.05, 3.63) is 42.3 Å². The lowest BCUT2D eigenvalue weighted by atomic mass is 9.99. The van der Waals surface area contributed by atoms with Crippen molar-refractivity contribution in [2.45, 2.75) is 32.4 Å². The number of aromatic nitrogens is 1. The third kappa shape index (κ3) is 3.05. The first-order valence-corrected chi connectivity index (χ1v) is 6.53. The van der Waals surface area contributed by atoms with Gasteiger partial charge in [0.05, 0.1) is 5.69 Å². The Balaban J connectivity index is 2.06. The maximum Gasteiger partial charge on any atom is 0.323 e. The number of nitrogens with zero attached hydrogens (tertiary/aromatic N) is 1. The van der Waals surface area contributed by atoms with Gasteiger partial charge in [0.25, 0.3) is 0 Å². The Kier molecular flexibility index (Phi) is 4.20. The van der Waals surface area contributed by atoms with Crippen molar-refractivity contribution in [3.63, 3.8) is 0 Å². The minimum absolute atomic E-state index is 0.354. The Morgan fingerprint density at radius 3 is 2.70 bits per heavy atom. The fourth-order valence-corrected chi connectivity index (χ4v) is 1.74. The number of oxazole rings is 1. The van der Waals surface area contributed by atoms with Crippen molar-refractivity contribution in [3.8, 4) is 11.5 Å². The average molecular weight is 274 g/mol. The first-order valence-electron chi connectivity index (χ1n) is 6.53. The van der Waals surface area contributed by atoms with E-state index in [0.29, 0.717) is 24.6 Å². The zero-order valence-corrected chi connectivity index (χ0v) is 11.6. The highest BCUT2D eigenvalue weighted by molar-refractivity contribution is 5.78. The van der Waals surface area contributed by atoms with Gasteiger partial charge in [0, 0.05) is 12.1 Å². The van der Waals surface area contributed by atoms with Crippen LogP contribution >= 0.6 is 0 Å². The van der Waals surface area contributed by atoms with Crippen LogP contribution in [-0.4, -0.2) is 21.6 Å². The Labute approximate surface area is 117 Å². The minimum Gasteiger partial charge on any atom is -0.480 e. The molecule has 0 amide bonds. The molecule has 1 atom stereocenters. The fraction of sp³-hybridized carbons (Fsp3) is 0.333. The molecule has 20 heavy (non-hydrogen) atoms. The predicted octanol–water partition coefficient (Wildman–Crippen LogP) is 2.68. The maximum atomic E-state index is 11.2. The molecule has 0 radical (unpaired) electrons. The summed E-state index contributed by atoms with van der Waals surface area (Å²) in [7, 11) is 0. The van der Waals surface area contributed by atoms with Gasteiger partial charge < -0.3 is 9.52 Å². The number of rotatable bonds is 6. The third-order valence-corrected chi connectivity index (χ3v) is 3.41. The van der Waals surface area contributed by atoms with Gasteiger partial charge >= 0.3 is 5.97 Å². The summed E-state index contributed by atoms with van der Waals surface area (Å²) < 4.78 is 5.41. The second-order valence-corrected chi connectivity index (χ2v) is 4.85. The summed E-state index contributed by atoms with van der Waals surface area (Å²) in [5.41, 5.74) is 0.631. The first kappa shape index (κ1) is 14.3. The molecular formula is C15H18N2O3. The van der Waals surface area contributed by atoms with Crippen LogP contribution < -0.4 is 5.32 Å². The second-order valence-electron chi connectivity index (χ2n) is 4.85. The van der Waals surface area contributed by atoms with E-state index in [9.17, 15) is 9.90 Å². The Hall–Kier alpha value is -2.14. The summed E-state index contributed by atoms with van der Waals surface area (Å²) >= 11 is 0. The smallest absolute Gasteiger partial charge is 0.323 e. The van der Waals surface area contributed by atoms with Crippen LogP contribution in [0.5, 0.6) is 0 Å². The molecule has 2 N–H and O–H groups in total. The zero-order chi connectivity index (χ0) is 14.6. The molecule has 1 heterocycles. The fourth-order valence-electron chi connectivity index (χ4n) is 1.74.